The van der Waals surface area contributed by atoms with E-state index >= 15 is 0 Å². The van der Waals surface area contributed by atoms with Gasteiger partial charge in [0.15, 0.2) is 0 Å². The van der Waals surface area contributed by atoms with E-state index in [0.717, 1.165) is 10.8 Å². The summed E-state index contributed by atoms with van der Waals surface area (Å²) >= 11 is 0. The molecule has 0 amide bonds. The van der Waals surface area contributed by atoms with Crippen LogP contribution in [-0.2, 0) is 10.1 Å². The van der Waals surface area contributed by atoms with Crippen LogP contribution in [0, 0.1) is 0 Å². The van der Waals surface area contributed by atoms with Crippen molar-refractivity contribution in [2.24, 2.45) is 10.2 Å². The van der Waals surface area contributed by atoms with E-state index in [1.54, 1.807) is 6.07 Å². The number of hydrogen-bond donors (Lipinski definition) is 1. The lowest BCUT2D eigenvalue weighted by Crippen LogP contribution is -2.50. The second-order valence-electron chi connectivity index (χ2n) is 10.5. The van der Waals surface area contributed by atoms with Gasteiger partial charge in [0.05, 0.1) is 36.8 Å². The smallest absolute Gasteiger partial charge is 0.143 e. The molecular formula is C32H47N3O4S. The molecule has 0 unspecified atom stereocenters. The van der Waals surface area contributed by atoms with Gasteiger partial charge in [-0.3, -0.25) is 0 Å². The lowest BCUT2D eigenvalue weighted by Gasteiger charge is -2.39. The van der Waals surface area contributed by atoms with Gasteiger partial charge in [-0.05, 0) is 61.4 Å². The summed E-state index contributed by atoms with van der Waals surface area (Å²) in [5.41, 5.74) is 0.688. The molecule has 0 radical (unpaired) electrons. The SMILES string of the molecule is CCCC[N+](CCCC)(CCCC)CCCC.O=S(=O)([O-])c1ccc(N=Nc2c(O)ccc3ccccc23)cc1. The Hall–Kier alpha value is -2.81. The molecule has 7 nitrogen and oxygen atoms in total. The number of nitrogens with zero attached hydrogens (tertiary/aromatic N) is 3. The maximum atomic E-state index is 10.9. The number of aromatic hydroxyl groups is 1. The van der Waals surface area contributed by atoms with E-state index in [2.05, 4.69) is 37.9 Å². The van der Waals surface area contributed by atoms with Crippen LogP contribution in [0.25, 0.3) is 10.8 Å². The average Bonchev–Trinajstić information content (AvgIpc) is 2.96. The van der Waals surface area contributed by atoms with Crippen LogP contribution in [0.3, 0.4) is 0 Å². The molecule has 0 fully saturated rings. The van der Waals surface area contributed by atoms with E-state index in [-0.39, 0.29) is 10.6 Å². The first-order valence-corrected chi connectivity index (χ1v) is 16.1. The molecule has 0 saturated heterocycles. The Kier molecular flexibility index (Phi) is 14.3. The molecule has 0 saturated carbocycles. The molecule has 220 valence electrons. The molecule has 0 heterocycles. The number of fused-ring (bicyclic) bond motifs is 1. The first-order valence-electron chi connectivity index (χ1n) is 14.7. The molecular weight excluding hydrogens is 522 g/mol. The topological polar surface area (TPSA) is 102 Å². The van der Waals surface area contributed by atoms with Gasteiger partial charge in [0.25, 0.3) is 0 Å². The summed E-state index contributed by atoms with van der Waals surface area (Å²) in [7, 11) is -4.48. The maximum Gasteiger partial charge on any atom is 0.143 e. The van der Waals surface area contributed by atoms with Crippen LogP contribution in [0.4, 0.5) is 11.4 Å². The highest BCUT2D eigenvalue weighted by Gasteiger charge is 2.24. The van der Waals surface area contributed by atoms with Gasteiger partial charge in [-0.1, -0.05) is 83.7 Å². The summed E-state index contributed by atoms with van der Waals surface area (Å²) in [4.78, 5) is -0.329. The predicted molar refractivity (Wildman–Crippen MR) is 164 cm³/mol. The van der Waals surface area contributed by atoms with Crippen molar-refractivity contribution in [2.75, 3.05) is 26.2 Å². The van der Waals surface area contributed by atoms with Crippen LogP contribution in [0.15, 0.2) is 75.8 Å². The number of unbranched alkanes of at least 4 members (excludes halogenated alkanes) is 4. The van der Waals surface area contributed by atoms with Crippen molar-refractivity contribution in [2.45, 2.75) is 84.0 Å². The van der Waals surface area contributed by atoms with Gasteiger partial charge >= 0.3 is 0 Å². The van der Waals surface area contributed by atoms with Crippen molar-refractivity contribution < 1.29 is 22.6 Å². The maximum absolute atomic E-state index is 10.9. The molecule has 40 heavy (non-hydrogen) atoms. The van der Waals surface area contributed by atoms with Gasteiger partial charge in [0.1, 0.15) is 21.6 Å². The second-order valence-corrected chi connectivity index (χ2v) is 11.8. The van der Waals surface area contributed by atoms with E-state index in [4.69, 9.17) is 0 Å². The number of rotatable bonds is 15. The average molecular weight is 570 g/mol. The molecule has 3 aromatic carbocycles. The van der Waals surface area contributed by atoms with E-state index in [1.165, 1.54) is 112 Å². The van der Waals surface area contributed by atoms with Gasteiger partial charge in [-0.25, -0.2) is 8.42 Å². The third-order valence-electron chi connectivity index (χ3n) is 7.21. The number of benzene rings is 3. The summed E-state index contributed by atoms with van der Waals surface area (Å²) in [5.74, 6) is -0.00814. The molecule has 0 aromatic heterocycles. The minimum Gasteiger partial charge on any atom is -0.744 e. The number of azo groups is 1. The Morgan fingerprint density at radius 1 is 0.700 bits per heavy atom. The molecule has 0 spiro atoms. The van der Waals surface area contributed by atoms with E-state index in [1.807, 2.05) is 24.3 Å². The Labute approximate surface area is 241 Å². The largest absolute Gasteiger partial charge is 0.744 e. The Balaban J connectivity index is 0.000000296. The zero-order valence-electron chi connectivity index (χ0n) is 24.7. The van der Waals surface area contributed by atoms with Crippen LogP contribution in [0.5, 0.6) is 5.75 Å². The first-order chi connectivity index (χ1) is 19.2. The van der Waals surface area contributed by atoms with Crippen molar-refractivity contribution in [3.8, 4) is 5.75 Å². The number of hydrogen-bond acceptors (Lipinski definition) is 6. The summed E-state index contributed by atoms with van der Waals surface area (Å²) in [6, 6.07) is 15.8. The third kappa shape index (κ3) is 10.6. The second kappa shape index (κ2) is 17.1. The predicted octanol–water partition coefficient (Wildman–Crippen LogP) is 8.87. The van der Waals surface area contributed by atoms with Crippen LogP contribution in [0.1, 0.15) is 79.1 Å². The molecule has 3 aromatic rings. The lowest BCUT2D eigenvalue weighted by atomic mass is 10.1. The molecule has 0 atom stereocenters. The number of phenols is 1. The minimum atomic E-state index is -4.48. The fourth-order valence-electron chi connectivity index (χ4n) is 4.78. The highest BCUT2D eigenvalue weighted by atomic mass is 32.2. The Morgan fingerprint density at radius 2 is 1.20 bits per heavy atom. The van der Waals surface area contributed by atoms with Crippen molar-refractivity contribution in [1.29, 1.82) is 0 Å². The summed E-state index contributed by atoms with van der Waals surface area (Å²) in [6.07, 6.45) is 11.1. The summed E-state index contributed by atoms with van der Waals surface area (Å²) < 4.78 is 34.0. The molecule has 0 bridgehead atoms. The number of phenolic OH excluding ortho intramolecular Hbond substituents is 1. The van der Waals surface area contributed by atoms with Crippen molar-refractivity contribution in [3.63, 3.8) is 0 Å². The van der Waals surface area contributed by atoms with Crippen LogP contribution in [-0.4, -0.2) is 48.7 Å². The molecule has 0 aliphatic heterocycles. The van der Waals surface area contributed by atoms with E-state index in [0.29, 0.717) is 11.4 Å². The van der Waals surface area contributed by atoms with Crippen LogP contribution in [0.2, 0.25) is 0 Å². The molecule has 0 aliphatic carbocycles. The standard InChI is InChI=1S/C16H12N2O4S.C16H36N/c19-15-10-5-11-3-1-2-4-14(11)16(15)18-17-12-6-8-13(9-7-12)23(20,21)22;1-5-9-13-17(14-10-6-2,15-11-7-3)16-12-8-4/h1-10,19H,(H,20,21,22);5-16H2,1-4H3/q;+1/p-1. The van der Waals surface area contributed by atoms with Crippen molar-refractivity contribution in [3.05, 3.63) is 60.7 Å². The molecule has 8 heteroatoms. The van der Waals surface area contributed by atoms with Crippen LogP contribution < -0.4 is 0 Å². The van der Waals surface area contributed by atoms with Gasteiger partial charge < -0.3 is 14.1 Å². The number of quaternary nitrogens is 1. The Morgan fingerprint density at radius 3 is 1.68 bits per heavy atom. The molecule has 1 N–H and O–H groups in total. The zero-order chi connectivity index (χ0) is 29.4. The van der Waals surface area contributed by atoms with E-state index < -0.39 is 10.1 Å². The monoisotopic (exact) mass is 569 g/mol. The van der Waals surface area contributed by atoms with Crippen molar-refractivity contribution in [1.82, 2.24) is 0 Å². The lowest BCUT2D eigenvalue weighted by molar-refractivity contribution is -0.929. The quantitative estimate of drug-likeness (QED) is 0.112. The molecule has 3 rings (SSSR count). The molecule has 0 aliphatic rings. The first kappa shape index (κ1) is 33.4. The van der Waals surface area contributed by atoms with Gasteiger partial charge in [0, 0.05) is 5.39 Å². The normalized spacial score (nSPS) is 12.0. The van der Waals surface area contributed by atoms with Crippen LogP contribution >= 0.6 is 0 Å². The van der Waals surface area contributed by atoms with Gasteiger partial charge in [0.2, 0.25) is 0 Å². The van der Waals surface area contributed by atoms with Gasteiger partial charge in [-0.2, -0.15) is 5.11 Å². The highest BCUT2D eigenvalue weighted by molar-refractivity contribution is 7.85. The Bertz CT molecular complexity index is 1250. The summed E-state index contributed by atoms with van der Waals surface area (Å²) in [5, 5.41) is 19.6. The minimum absolute atomic E-state index is 0.00814. The fraction of sp³-hybridized carbons (Fsp3) is 0.500. The van der Waals surface area contributed by atoms with Gasteiger partial charge in [-0.15, -0.1) is 5.11 Å². The van der Waals surface area contributed by atoms with Crippen molar-refractivity contribution >= 4 is 32.3 Å². The third-order valence-corrected chi connectivity index (χ3v) is 8.06. The highest BCUT2D eigenvalue weighted by Crippen LogP contribution is 2.36. The zero-order valence-corrected chi connectivity index (χ0v) is 25.5. The summed E-state index contributed by atoms with van der Waals surface area (Å²) in [6.45, 7) is 15.0. The van der Waals surface area contributed by atoms with E-state index in [9.17, 15) is 18.1 Å². The fourth-order valence-corrected chi connectivity index (χ4v) is 5.25.